The number of nitrogens with zero attached hydrogens (tertiary/aromatic N) is 3. The number of carbonyl (C=O) groups is 1. The Hall–Kier alpha value is -1.71. The Morgan fingerprint density at radius 2 is 2.40 bits per heavy atom. The molecule has 0 aromatic heterocycles. The molecule has 0 spiro atoms. The Balaban J connectivity index is 2.76. The molecule has 1 amide bonds. The molecule has 0 bridgehead atoms. The van der Waals surface area contributed by atoms with Gasteiger partial charge in [-0.1, -0.05) is 22.8 Å². The average Bonchev–Trinajstić information content (AvgIpc) is 2.22. The van der Waals surface area contributed by atoms with Gasteiger partial charge in [-0.2, -0.15) is 0 Å². The first-order valence-corrected chi connectivity index (χ1v) is 4.58. The molecule has 0 atom stereocenters. The number of hydrogen-bond donors (Lipinski definition) is 1. The van der Waals surface area contributed by atoms with Crippen molar-refractivity contribution in [1.29, 1.82) is 0 Å². The van der Waals surface area contributed by atoms with Gasteiger partial charge in [0.1, 0.15) is 6.54 Å². The molecule has 0 aliphatic heterocycles. The van der Waals surface area contributed by atoms with E-state index in [4.69, 9.17) is 17.1 Å². The van der Waals surface area contributed by atoms with Crippen LogP contribution in [-0.4, -0.2) is 12.5 Å². The van der Waals surface area contributed by atoms with Crippen LogP contribution < -0.4 is 5.32 Å². The maximum atomic E-state index is 11.2. The van der Waals surface area contributed by atoms with Crippen molar-refractivity contribution in [2.24, 2.45) is 5.11 Å². The minimum atomic E-state index is -0.363. The monoisotopic (exact) mass is 224 g/mol. The predicted octanol–water partition coefficient (Wildman–Crippen LogP) is 2.90. The Morgan fingerprint density at radius 3 is 3.07 bits per heavy atom. The molecule has 0 aliphatic rings. The molecule has 15 heavy (non-hydrogen) atoms. The molecule has 0 unspecified atom stereocenters. The van der Waals surface area contributed by atoms with Crippen LogP contribution in [0.25, 0.3) is 10.4 Å². The number of anilines is 1. The van der Waals surface area contributed by atoms with Crippen molar-refractivity contribution in [1.82, 2.24) is 0 Å². The highest BCUT2D eigenvalue weighted by atomic mass is 35.5. The van der Waals surface area contributed by atoms with E-state index in [0.29, 0.717) is 10.7 Å². The van der Waals surface area contributed by atoms with Gasteiger partial charge in [-0.05, 0) is 30.2 Å². The van der Waals surface area contributed by atoms with Crippen molar-refractivity contribution in [3.8, 4) is 0 Å². The van der Waals surface area contributed by atoms with Gasteiger partial charge in [-0.25, -0.2) is 0 Å². The van der Waals surface area contributed by atoms with E-state index in [0.717, 1.165) is 5.56 Å². The molecule has 6 heteroatoms. The van der Waals surface area contributed by atoms with Crippen LogP contribution in [0.3, 0.4) is 0 Å². The summed E-state index contributed by atoms with van der Waals surface area (Å²) in [6, 6.07) is 5.20. The highest BCUT2D eigenvalue weighted by molar-refractivity contribution is 6.31. The molecule has 0 fully saturated rings. The lowest BCUT2D eigenvalue weighted by Gasteiger charge is -2.07. The third kappa shape index (κ3) is 3.16. The molecule has 0 saturated heterocycles. The second kappa shape index (κ2) is 5.24. The fourth-order valence-corrected chi connectivity index (χ4v) is 1.20. The lowest BCUT2D eigenvalue weighted by atomic mass is 10.2. The number of carbonyl (C=O) groups excluding carboxylic acids is 1. The Bertz CT molecular complexity index is 426. The van der Waals surface area contributed by atoms with Crippen LogP contribution in [0.1, 0.15) is 5.56 Å². The molecule has 0 saturated carbocycles. The summed E-state index contributed by atoms with van der Waals surface area (Å²) in [5.41, 5.74) is 9.45. The molecule has 0 aliphatic carbocycles. The van der Waals surface area contributed by atoms with Crippen LogP contribution in [0.15, 0.2) is 23.3 Å². The highest BCUT2D eigenvalue weighted by Gasteiger charge is 2.05. The molecule has 0 radical (unpaired) electrons. The van der Waals surface area contributed by atoms with E-state index in [2.05, 4.69) is 15.3 Å². The number of halogens is 1. The summed E-state index contributed by atoms with van der Waals surface area (Å²) < 4.78 is 0. The standard InChI is InChI=1S/C9H9ClN4O/c1-6-7(10)3-2-4-8(6)13-9(15)5-12-14-11/h2-4H,5H2,1H3,(H,13,15). The van der Waals surface area contributed by atoms with Gasteiger partial charge in [0.25, 0.3) is 0 Å². The quantitative estimate of drug-likeness (QED) is 0.478. The fraction of sp³-hybridized carbons (Fsp3) is 0.222. The smallest absolute Gasteiger partial charge is 0.230 e. The van der Waals surface area contributed by atoms with Gasteiger partial charge >= 0.3 is 0 Å². The summed E-state index contributed by atoms with van der Waals surface area (Å²) in [6.07, 6.45) is 0. The van der Waals surface area contributed by atoms with Crippen LogP contribution in [0.2, 0.25) is 5.02 Å². The normalized spacial score (nSPS) is 9.20. The van der Waals surface area contributed by atoms with Crippen LogP contribution in [0, 0.1) is 6.92 Å². The van der Waals surface area contributed by atoms with E-state index in [1.54, 1.807) is 25.1 Å². The molecular weight excluding hydrogens is 216 g/mol. The van der Waals surface area contributed by atoms with Gasteiger partial charge in [0.05, 0.1) is 0 Å². The summed E-state index contributed by atoms with van der Waals surface area (Å²) in [6.45, 7) is 1.58. The largest absolute Gasteiger partial charge is 0.326 e. The first-order valence-electron chi connectivity index (χ1n) is 4.21. The van der Waals surface area contributed by atoms with Crippen LogP contribution in [0.4, 0.5) is 5.69 Å². The van der Waals surface area contributed by atoms with Gasteiger partial charge in [0, 0.05) is 15.6 Å². The van der Waals surface area contributed by atoms with E-state index >= 15 is 0 Å². The number of rotatable bonds is 3. The third-order valence-corrected chi connectivity index (χ3v) is 2.23. The van der Waals surface area contributed by atoms with Crippen LogP contribution in [0.5, 0.6) is 0 Å². The van der Waals surface area contributed by atoms with Gasteiger partial charge in [0.15, 0.2) is 0 Å². The van der Waals surface area contributed by atoms with Crippen LogP contribution >= 0.6 is 11.6 Å². The zero-order valence-corrected chi connectivity index (χ0v) is 8.82. The molecular formula is C9H9ClN4O. The second-order valence-corrected chi connectivity index (χ2v) is 3.26. The lowest BCUT2D eigenvalue weighted by Crippen LogP contribution is -2.15. The molecule has 1 aromatic rings. The molecule has 1 aromatic carbocycles. The number of azide groups is 1. The Kier molecular flexibility index (Phi) is 3.97. The maximum Gasteiger partial charge on any atom is 0.230 e. The molecule has 0 heterocycles. The zero-order valence-electron chi connectivity index (χ0n) is 8.07. The van der Waals surface area contributed by atoms with Crippen molar-refractivity contribution in [3.05, 3.63) is 39.2 Å². The van der Waals surface area contributed by atoms with Gasteiger partial charge < -0.3 is 5.32 Å². The number of benzene rings is 1. The summed E-state index contributed by atoms with van der Waals surface area (Å²) >= 11 is 5.87. The number of hydrogen-bond acceptors (Lipinski definition) is 2. The van der Waals surface area contributed by atoms with Crippen molar-refractivity contribution < 1.29 is 4.79 Å². The first-order chi connectivity index (χ1) is 7.15. The van der Waals surface area contributed by atoms with Crippen LogP contribution in [-0.2, 0) is 4.79 Å². The summed E-state index contributed by atoms with van der Waals surface area (Å²) in [5, 5.41) is 6.33. The van der Waals surface area contributed by atoms with Gasteiger partial charge in [0.2, 0.25) is 5.91 Å². The summed E-state index contributed by atoms with van der Waals surface area (Å²) in [5.74, 6) is -0.363. The summed E-state index contributed by atoms with van der Waals surface area (Å²) in [7, 11) is 0. The van der Waals surface area contributed by atoms with E-state index < -0.39 is 0 Å². The van der Waals surface area contributed by atoms with Crippen molar-refractivity contribution in [2.75, 3.05) is 11.9 Å². The summed E-state index contributed by atoms with van der Waals surface area (Å²) in [4.78, 5) is 13.7. The SMILES string of the molecule is Cc1c(Cl)cccc1NC(=O)CN=[N+]=[N-]. The molecule has 78 valence electrons. The average molecular weight is 225 g/mol. The van der Waals surface area contributed by atoms with Crippen molar-refractivity contribution >= 4 is 23.2 Å². The van der Waals surface area contributed by atoms with E-state index in [9.17, 15) is 4.79 Å². The highest BCUT2D eigenvalue weighted by Crippen LogP contribution is 2.22. The van der Waals surface area contributed by atoms with Gasteiger partial charge in [-0.3, -0.25) is 4.79 Å². The zero-order chi connectivity index (χ0) is 11.3. The third-order valence-electron chi connectivity index (χ3n) is 1.82. The Morgan fingerprint density at radius 1 is 1.67 bits per heavy atom. The Labute approximate surface area is 91.7 Å². The molecule has 5 nitrogen and oxygen atoms in total. The number of nitrogens with one attached hydrogen (secondary N) is 1. The minimum absolute atomic E-state index is 0.220. The number of amides is 1. The van der Waals surface area contributed by atoms with Crippen molar-refractivity contribution in [3.63, 3.8) is 0 Å². The maximum absolute atomic E-state index is 11.2. The van der Waals surface area contributed by atoms with E-state index in [1.165, 1.54) is 0 Å². The van der Waals surface area contributed by atoms with Crippen molar-refractivity contribution in [2.45, 2.75) is 6.92 Å². The van der Waals surface area contributed by atoms with Gasteiger partial charge in [-0.15, -0.1) is 0 Å². The lowest BCUT2D eigenvalue weighted by molar-refractivity contribution is -0.114. The second-order valence-electron chi connectivity index (χ2n) is 2.85. The molecule has 1 rings (SSSR count). The first kappa shape index (κ1) is 11.4. The van der Waals surface area contributed by atoms with E-state index in [1.807, 2.05) is 0 Å². The van der Waals surface area contributed by atoms with E-state index in [-0.39, 0.29) is 12.5 Å². The topological polar surface area (TPSA) is 77.9 Å². The molecule has 1 N–H and O–H groups in total. The minimum Gasteiger partial charge on any atom is -0.326 e. The predicted molar refractivity (Wildman–Crippen MR) is 58.8 cm³/mol. The fourth-order valence-electron chi connectivity index (χ4n) is 1.03.